The molecular formula is C20H16F6N4S. The molecule has 0 saturated heterocycles. The third kappa shape index (κ3) is 4.66. The van der Waals surface area contributed by atoms with E-state index in [-0.39, 0.29) is 10.9 Å². The Morgan fingerprint density at radius 1 is 0.903 bits per heavy atom. The van der Waals surface area contributed by atoms with Gasteiger partial charge in [0.1, 0.15) is 5.82 Å². The van der Waals surface area contributed by atoms with E-state index in [1.54, 1.807) is 26.0 Å². The van der Waals surface area contributed by atoms with Gasteiger partial charge in [-0.25, -0.2) is 26.3 Å². The molecule has 4 nitrogen and oxygen atoms in total. The van der Waals surface area contributed by atoms with Gasteiger partial charge in [0.15, 0.2) is 28.4 Å². The van der Waals surface area contributed by atoms with Crippen molar-refractivity contribution >= 4 is 23.0 Å². The fraction of sp³-hybridized carbons (Fsp3) is 0.200. The predicted octanol–water partition coefficient (Wildman–Crippen LogP) is 4.87. The molecule has 0 radical (unpaired) electrons. The summed E-state index contributed by atoms with van der Waals surface area (Å²) in [5.74, 6) is -10.4. The summed E-state index contributed by atoms with van der Waals surface area (Å²) in [6.45, 7) is 2.78. The zero-order valence-corrected chi connectivity index (χ0v) is 17.1. The van der Waals surface area contributed by atoms with Gasteiger partial charge in [0.2, 0.25) is 5.82 Å². The number of anilines is 1. The van der Waals surface area contributed by atoms with E-state index >= 15 is 0 Å². The van der Waals surface area contributed by atoms with Gasteiger partial charge in [-0.3, -0.25) is 4.68 Å². The molecule has 1 heterocycles. The lowest BCUT2D eigenvalue weighted by Crippen LogP contribution is -2.28. The summed E-state index contributed by atoms with van der Waals surface area (Å²) >= 11 is 5.22. The molecule has 3 rings (SSSR count). The van der Waals surface area contributed by atoms with Gasteiger partial charge in [0, 0.05) is 6.54 Å². The maximum Gasteiger partial charge on any atom is 0.200 e. The monoisotopic (exact) mass is 458 g/mol. The average molecular weight is 458 g/mol. The van der Waals surface area contributed by atoms with Gasteiger partial charge in [-0.15, -0.1) is 0 Å². The van der Waals surface area contributed by atoms with E-state index in [0.717, 1.165) is 10.2 Å². The SMILES string of the molecule is Cc1nn(Cc2c(F)c(F)c(F)c(F)c2F)c(C)c1NC(=S)NCc1ccc(F)cc1. The maximum absolute atomic E-state index is 14.0. The summed E-state index contributed by atoms with van der Waals surface area (Å²) in [5.41, 5.74) is 0.965. The normalized spacial score (nSPS) is 11.0. The predicted molar refractivity (Wildman–Crippen MR) is 106 cm³/mol. The summed E-state index contributed by atoms with van der Waals surface area (Å²) in [5, 5.41) is 10.1. The number of halogens is 6. The van der Waals surface area contributed by atoms with Crippen LogP contribution < -0.4 is 10.6 Å². The number of thiocarbonyl (C=S) groups is 1. The Kier molecular flexibility index (Phi) is 6.54. The van der Waals surface area contributed by atoms with Gasteiger partial charge < -0.3 is 10.6 Å². The Morgan fingerprint density at radius 3 is 2.03 bits per heavy atom. The number of hydrogen-bond acceptors (Lipinski definition) is 2. The number of aromatic nitrogens is 2. The maximum atomic E-state index is 14.0. The smallest absolute Gasteiger partial charge is 0.200 e. The quantitative estimate of drug-likeness (QED) is 0.248. The van der Waals surface area contributed by atoms with Crippen molar-refractivity contribution in [3.05, 3.63) is 81.7 Å². The molecule has 0 atom stereocenters. The number of nitrogens with one attached hydrogen (secondary N) is 2. The van der Waals surface area contributed by atoms with Crippen molar-refractivity contribution in [3.8, 4) is 0 Å². The molecule has 0 spiro atoms. The first kappa shape index (κ1) is 22.6. The summed E-state index contributed by atoms with van der Waals surface area (Å²) in [6.07, 6.45) is 0. The summed E-state index contributed by atoms with van der Waals surface area (Å²) < 4.78 is 82.2. The van der Waals surface area contributed by atoms with Crippen molar-refractivity contribution < 1.29 is 26.3 Å². The van der Waals surface area contributed by atoms with Crippen LogP contribution in [0.1, 0.15) is 22.5 Å². The van der Waals surface area contributed by atoms with Gasteiger partial charge in [0.05, 0.1) is 29.2 Å². The Hall–Kier alpha value is -3.08. The molecule has 1 aromatic heterocycles. The second-order valence-electron chi connectivity index (χ2n) is 6.69. The van der Waals surface area contributed by atoms with Gasteiger partial charge >= 0.3 is 0 Å². The molecule has 0 saturated carbocycles. The Balaban J connectivity index is 1.77. The van der Waals surface area contributed by atoms with Crippen molar-refractivity contribution in [1.29, 1.82) is 0 Å². The number of aryl methyl sites for hydroxylation is 1. The van der Waals surface area contributed by atoms with Crippen LogP contribution >= 0.6 is 12.2 Å². The molecule has 2 aromatic carbocycles. The second kappa shape index (κ2) is 8.96. The molecule has 0 aliphatic heterocycles. The number of nitrogens with zero attached hydrogens (tertiary/aromatic N) is 2. The zero-order chi connectivity index (χ0) is 22.9. The van der Waals surface area contributed by atoms with E-state index in [4.69, 9.17) is 12.2 Å². The summed E-state index contributed by atoms with van der Waals surface area (Å²) in [6, 6.07) is 5.80. The molecule has 0 fully saturated rings. The number of benzene rings is 2. The molecule has 0 aliphatic rings. The highest BCUT2D eigenvalue weighted by molar-refractivity contribution is 7.80. The van der Waals surface area contributed by atoms with Crippen LogP contribution in [0.15, 0.2) is 24.3 Å². The van der Waals surface area contributed by atoms with Crippen LogP contribution in [0.2, 0.25) is 0 Å². The summed E-state index contributed by atoms with van der Waals surface area (Å²) in [7, 11) is 0. The van der Waals surface area contributed by atoms with Crippen LogP contribution in [0.25, 0.3) is 0 Å². The van der Waals surface area contributed by atoms with Crippen LogP contribution in [-0.4, -0.2) is 14.9 Å². The van der Waals surface area contributed by atoms with Gasteiger partial charge in [-0.1, -0.05) is 12.1 Å². The van der Waals surface area contributed by atoms with Crippen LogP contribution in [0.3, 0.4) is 0 Å². The minimum atomic E-state index is -2.22. The first-order valence-electron chi connectivity index (χ1n) is 8.93. The van der Waals surface area contributed by atoms with E-state index in [1.165, 1.54) is 12.1 Å². The average Bonchev–Trinajstić information content (AvgIpc) is 3.01. The Labute approximate surface area is 178 Å². The topological polar surface area (TPSA) is 41.9 Å². The van der Waals surface area contributed by atoms with Crippen molar-refractivity contribution in [1.82, 2.24) is 15.1 Å². The van der Waals surface area contributed by atoms with Gasteiger partial charge in [-0.05, 0) is 43.8 Å². The minimum Gasteiger partial charge on any atom is -0.358 e. The van der Waals surface area contributed by atoms with Gasteiger partial charge in [-0.2, -0.15) is 5.10 Å². The van der Waals surface area contributed by atoms with E-state index in [9.17, 15) is 26.3 Å². The molecular weight excluding hydrogens is 442 g/mol. The third-order valence-electron chi connectivity index (χ3n) is 4.59. The molecule has 31 heavy (non-hydrogen) atoms. The first-order chi connectivity index (χ1) is 14.6. The van der Waals surface area contributed by atoms with Crippen molar-refractivity contribution in [2.24, 2.45) is 0 Å². The second-order valence-corrected chi connectivity index (χ2v) is 7.09. The highest BCUT2D eigenvalue weighted by Gasteiger charge is 2.26. The molecule has 3 aromatic rings. The minimum absolute atomic E-state index is 0.200. The molecule has 0 aliphatic carbocycles. The van der Waals surface area contributed by atoms with Gasteiger partial charge in [0.25, 0.3) is 0 Å². The van der Waals surface area contributed by atoms with Crippen LogP contribution in [0.4, 0.5) is 32.0 Å². The lowest BCUT2D eigenvalue weighted by molar-refractivity contribution is 0.366. The zero-order valence-electron chi connectivity index (χ0n) is 16.3. The Morgan fingerprint density at radius 2 is 1.45 bits per heavy atom. The van der Waals surface area contributed by atoms with Crippen molar-refractivity contribution in [2.75, 3.05) is 5.32 Å². The molecule has 164 valence electrons. The molecule has 2 N–H and O–H groups in total. The first-order valence-corrected chi connectivity index (χ1v) is 9.34. The molecule has 0 bridgehead atoms. The largest absolute Gasteiger partial charge is 0.358 e. The highest BCUT2D eigenvalue weighted by Crippen LogP contribution is 2.26. The van der Waals surface area contributed by atoms with Crippen molar-refractivity contribution in [2.45, 2.75) is 26.9 Å². The fourth-order valence-corrected chi connectivity index (χ4v) is 3.09. The van der Waals surface area contributed by atoms with Crippen LogP contribution in [0, 0.1) is 48.8 Å². The standard InChI is InChI=1S/C20H16F6N4S/c1-9-19(28-20(31)27-7-11-3-5-12(21)6-4-11)10(2)30(29-9)8-13-14(22)16(24)18(26)17(25)15(13)23/h3-6H,7-8H2,1-2H3,(H2,27,28,31). The lowest BCUT2D eigenvalue weighted by Gasteiger charge is -2.12. The summed E-state index contributed by atoms with van der Waals surface area (Å²) in [4.78, 5) is 0. The third-order valence-corrected chi connectivity index (χ3v) is 4.84. The van der Waals surface area contributed by atoms with E-state index in [0.29, 0.717) is 23.6 Å². The fourth-order valence-electron chi connectivity index (χ4n) is 2.91. The lowest BCUT2D eigenvalue weighted by atomic mass is 10.1. The molecule has 0 unspecified atom stereocenters. The molecule has 0 amide bonds. The Bertz CT molecular complexity index is 1110. The highest BCUT2D eigenvalue weighted by atomic mass is 32.1. The number of hydrogen-bond donors (Lipinski definition) is 2. The van der Waals surface area contributed by atoms with E-state index in [1.807, 2.05) is 0 Å². The van der Waals surface area contributed by atoms with E-state index in [2.05, 4.69) is 15.7 Å². The number of rotatable bonds is 5. The van der Waals surface area contributed by atoms with Crippen LogP contribution in [-0.2, 0) is 13.1 Å². The van der Waals surface area contributed by atoms with Crippen LogP contribution in [0.5, 0.6) is 0 Å². The molecule has 11 heteroatoms. The van der Waals surface area contributed by atoms with E-state index < -0.39 is 41.2 Å². The van der Waals surface area contributed by atoms with Crippen molar-refractivity contribution in [3.63, 3.8) is 0 Å².